The molecule has 0 atom stereocenters. The van der Waals surface area contributed by atoms with Crippen LogP contribution in [0.1, 0.15) is 41.9 Å². The van der Waals surface area contributed by atoms with Crippen LogP contribution in [-0.4, -0.2) is 48.7 Å². The number of piperidine rings is 1. The summed E-state index contributed by atoms with van der Waals surface area (Å²) in [5, 5.41) is 3.82. The lowest BCUT2D eigenvalue weighted by molar-refractivity contribution is -0.146. The zero-order valence-corrected chi connectivity index (χ0v) is 21.5. The second-order valence-electron chi connectivity index (χ2n) is 8.93. The minimum absolute atomic E-state index is 0.00124. The van der Waals surface area contributed by atoms with Crippen molar-refractivity contribution in [1.82, 2.24) is 14.6 Å². The Morgan fingerprint density at radius 1 is 0.973 bits per heavy atom. The summed E-state index contributed by atoms with van der Waals surface area (Å²) < 4.78 is 34.1. The topological polar surface area (TPSA) is 112 Å². The van der Waals surface area contributed by atoms with Gasteiger partial charge in [-0.25, -0.2) is 13.8 Å². The molecule has 0 saturated carbocycles. The van der Waals surface area contributed by atoms with Crippen LogP contribution in [0.5, 0.6) is 0 Å². The van der Waals surface area contributed by atoms with Gasteiger partial charge in [-0.2, -0.15) is 9.41 Å². The number of amides is 2. The SMILES string of the molecule is Cc1ccc(S(=O)(=O)N(Cc2ccccc2)Cc2ccc(/C=N/NC(=O)C(=O)N3CCCCC3)o2)cc1. The van der Waals surface area contributed by atoms with Gasteiger partial charge >= 0.3 is 11.8 Å². The van der Waals surface area contributed by atoms with Crippen LogP contribution in [0.25, 0.3) is 0 Å². The highest BCUT2D eigenvalue weighted by Gasteiger charge is 2.26. The van der Waals surface area contributed by atoms with Crippen LogP contribution in [0, 0.1) is 6.92 Å². The van der Waals surface area contributed by atoms with Crippen molar-refractivity contribution in [2.24, 2.45) is 5.10 Å². The Balaban J connectivity index is 1.45. The average molecular weight is 523 g/mol. The van der Waals surface area contributed by atoms with Crippen LogP contribution in [-0.2, 0) is 32.7 Å². The van der Waals surface area contributed by atoms with Crippen molar-refractivity contribution < 1.29 is 22.4 Å². The van der Waals surface area contributed by atoms with Crippen molar-refractivity contribution >= 4 is 28.1 Å². The number of hydrazone groups is 1. The van der Waals surface area contributed by atoms with E-state index in [2.05, 4.69) is 10.5 Å². The zero-order valence-electron chi connectivity index (χ0n) is 20.7. The predicted octanol–water partition coefficient (Wildman–Crippen LogP) is 3.44. The Labute approximate surface area is 216 Å². The standard InChI is InChI=1S/C27H30N4O5S/c1-21-10-14-25(15-11-21)37(34,35)31(19-22-8-4-2-5-9-22)20-24-13-12-23(36-24)18-28-29-26(32)27(33)30-16-6-3-7-17-30/h2,4-5,8-15,18H,3,6-7,16-17,19-20H2,1H3,(H,29,32)/b28-18+. The van der Waals surface area contributed by atoms with E-state index in [9.17, 15) is 18.0 Å². The molecule has 0 aliphatic carbocycles. The molecule has 9 nitrogen and oxygen atoms in total. The normalized spacial score (nSPS) is 14.3. The second kappa shape index (κ2) is 12.0. The van der Waals surface area contributed by atoms with Gasteiger partial charge in [0.15, 0.2) is 0 Å². The first kappa shape index (κ1) is 26.3. The summed E-state index contributed by atoms with van der Waals surface area (Å²) in [7, 11) is -3.81. The predicted molar refractivity (Wildman–Crippen MR) is 139 cm³/mol. The lowest BCUT2D eigenvalue weighted by Crippen LogP contribution is -2.43. The minimum Gasteiger partial charge on any atom is -0.459 e. The first-order chi connectivity index (χ1) is 17.8. The summed E-state index contributed by atoms with van der Waals surface area (Å²) in [6, 6.07) is 19.3. The number of nitrogens with zero attached hydrogens (tertiary/aromatic N) is 3. The van der Waals surface area contributed by atoms with Crippen molar-refractivity contribution in [1.29, 1.82) is 0 Å². The molecule has 3 aromatic rings. The number of hydrogen-bond acceptors (Lipinski definition) is 6. The van der Waals surface area contributed by atoms with Gasteiger partial charge in [-0.05, 0) is 56.0 Å². The fourth-order valence-electron chi connectivity index (χ4n) is 4.04. The van der Waals surface area contributed by atoms with Crippen molar-refractivity contribution in [3.8, 4) is 0 Å². The fraction of sp³-hybridized carbons (Fsp3) is 0.296. The molecule has 1 aliphatic rings. The summed E-state index contributed by atoms with van der Waals surface area (Å²) in [5.41, 5.74) is 4.04. The molecule has 1 aliphatic heterocycles. The van der Waals surface area contributed by atoms with E-state index < -0.39 is 21.8 Å². The molecule has 1 N–H and O–H groups in total. The lowest BCUT2D eigenvalue weighted by atomic mass is 10.1. The van der Waals surface area contributed by atoms with Crippen molar-refractivity contribution in [3.05, 3.63) is 89.4 Å². The molecule has 194 valence electrons. The monoisotopic (exact) mass is 522 g/mol. The number of nitrogens with one attached hydrogen (secondary N) is 1. The Morgan fingerprint density at radius 3 is 2.38 bits per heavy atom. The van der Waals surface area contributed by atoms with E-state index in [0.717, 1.165) is 30.4 Å². The maximum Gasteiger partial charge on any atom is 0.329 e. The van der Waals surface area contributed by atoms with E-state index >= 15 is 0 Å². The van der Waals surface area contributed by atoms with Crippen molar-refractivity contribution in [2.45, 2.75) is 44.2 Å². The highest BCUT2D eigenvalue weighted by molar-refractivity contribution is 7.89. The van der Waals surface area contributed by atoms with Gasteiger partial charge in [0.2, 0.25) is 10.0 Å². The first-order valence-electron chi connectivity index (χ1n) is 12.1. The Kier molecular flexibility index (Phi) is 8.52. The molecule has 10 heteroatoms. The number of benzene rings is 2. The quantitative estimate of drug-likeness (QED) is 0.277. The Bertz CT molecular complexity index is 1340. The van der Waals surface area contributed by atoms with Crippen LogP contribution >= 0.6 is 0 Å². The summed E-state index contributed by atoms with van der Waals surface area (Å²) in [4.78, 5) is 26.0. The third kappa shape index (κ3) is 6.93. The van der Waals surface area contributed by atoms with Crippen molar-refractivity contribution in [3.63, 3.8) is 0 Å². The van der Waals surface area contributed by atoms with Gasteiger partial charge in [-0.1, -0.05) is 48.0 Å². The number of sulfonamides is 1. The van der Waals surface area contributed by atoms with E-state index in [1.54, 1.807) is 36.4 Å². The molecule has 0 bridgehead atoms. The third-order valence-corrected chi connectivity index (χ3v) is 7.88. The van der Waals surface area contributed by atoms with Crippen LogP contribution in [0.2, 0.25) is 0 Å². The van der Waals surface area contributed by atoms with E-state index in [-0.39, 0.29) is 18.0 Å². The number of carbonyl (C=O) groups excluding carboxylic acids is 2. The van der Waals surface area contributed by atoms with E-state index in [0.29, 0.717) is 24.6 Å². The summed E-state index contributed by atoms with van der Waals surface area (Å²) >= 11 is 0. The van der Waals surface area contributed by atoms with Gasteiger partial charge in [0.05, 0.1) is 17.7 Å². The highest BCUT2D eigenvalue weighted by Crippen LogP contribution is 2.22. The molecule has 4 rings (SSSR count). The third-order valence-electron chi connectivity index (χ3n) is 6.07. The fourth-order valence-corrected chi connectivity index (χ4v) is 5.43. The largest absolute Gasteiger partial charge is 0.459 e. The molecular formula is C27H30N4O5S. The van der Waals surface area contributed by atoms with Gasteiger partial charge in [0, 0.05) is 19.6 Å². The highest BCUT2D eigenvalue weighted by atomic mass is 32.2. The average Bonchev–Trinajstić information content (AvgIpc) is 3.36. The molecule has 1 aromatic heterocycles. The maximum atomic E-state index is 13.5. The van der Waals surface area contributed by atoms with Crippen LogP contribution in [0.15, 0.2) is 81.1 Å². The molecule has 37 heavy (non-hydrogen) atoms. The molecule has 0 radical (unpaired) electrons. The first-order valence-corrected chi connectivity index (χ1v) is 13.6. The Hall–Kier alpha value is -3.76. The van der Waals surface area contributed by atoms with Gasteiger partial charge < -0.3 is 9.32 Å². The molecule has 1 saturated heterocycles. The number of carbonyl (C=O) groups is 2. The van der Waals surface area contributed by atoms with Crippen LogP contribution < -0.4 is 5.43 Å². The molecule has 0 spiro atoms. The zero-order chi connectivity index (χ0) is 26.3. The maximum absolute atomic E-state index is 13.5. The molecular weight excluding hydrogens is 492 g/mol. The van der Waals surface area contributed by atoms with Gasteiger partial charge in [0.1, 0.15) is 11.5 Å². The number of aryl methyl sites for hydroxylation is 1. The lowest BCUT2D eigenvalue weighted by Gasteiger charge is -2.25. The number of hydrogen-bond donors (Lipinski definition) is 1. The van der Waals surface area contributed by atoms with E-state index in [4.69, 9.17) is 4.42 Å². The Morgan fingerprint density at radius 2 is 1.68 bits per heavy atom. The number of furan rings is 1. The van der Waals surface area contributed by atoms with Crippen LogP contribution in [0.3, 0.4) is 0 Å². The van der Waals surface area contributed by atoms with Gasteiger partial charge in [-0.3, -0.25) is 9.59 Å². The second-order valence-corrected chi connectivity index (χ2v) is 10.9. The number of rotatable bonds is 8. The van der Waals surface area contributed by atoms with Crippen molar-refractivity contribution in [2.75, 3.05) is 13.1 Å². The number of likely N-dealkylation sites (tertiary alicyclic amines) is 1. The minimum atomic E-state index is -3.81. The summed E-state index contributed by atoms with van der Waals surface area (Å²) in [6.45, 7) is 3.20. The molecule has 0 unspecified atom stereocenters. The molecule has 1 fully saturated rings. The molecule has 2 amide bonds. The van der Waals surface area contributed by atoms with E-state index in [1.807, 2.05) is 37.3 Å². The smallest absolute Gasteiger partial charge is 0.329 e. The van der Waals surface area contributed by atoms with Crippen LogP contribution in [0.4, 0.5) is 0 Å². The van der Waals surface area contributed by atoms with Gasteiger partial charge in [-0.15, -0.1) is 0 Å². The molecule has 2 heterocycles. The van der Waals surface area contributed by atoms with Gasteiger partial charge in [0.25, 0.3) is 0 Å². The molecule has 2 aromatic carbocycles. The van der Waals surface area contributed by atoms with E-state index in [1.165, 1.54) is 15.4 Å². The summed E-state index contributed by atoms with van der Waals surface area (Å²) in [6.07, 6.45) is 4.11. The summed E-state index contributed by atoms with van der Waals surface area (Å²) in [5.74, 6) is -0.685.